The summed E-state index contributed by atoms with van der Waals surface area (Å²) >= 11 is 0. The second kappa shape index (κ2) is 5.65. The number of hydrogen-bond donors (Lipinski definition) is 2. The Morgan fingerprint density at radius 2 is 1.85 bits per heavy atom. The van der Waals surface area contributed by atoms with Crippen molar-refractivity contribution in [3.63, 3.8) is 0 Å². The van der Waals surface area contributed by atoms with Crippen LogP contribution < -0.4 is 5.73 Å². The van der Waals surface area contributed by atoms with Gasteiger partial charge in [-0.2, -0.15) is 0 Å². The highest BCUT2D eigenvalue weighted by molar-refractivity contribution is 5.95. The Bertz CT molecular complexity index is 611. The first kappa shape index (κ1) is 13.9. The number of nitrogens with zero attached hydrogens (tertiary/aromatic N) is 1. The zero-order chi connectivity index (χ0) is 14.7. The molecule has 0 spiro atoms. The second-order valence-corrected chi connectivity index (χ2v) is 4.78. The van der Waals surface area contributed by atoms with Gasteiger partial charge in [-0.25, -0.2) is 0 Å². The maximum absolute atomic E-state index is 12.4. The lowest BCUT2D eigenvalue weighted by atomic mass is 10.1. The van der Waals surface area contributed by atoms with Gasteiger partial charge in [0.05, 0.1) is 11.7 Å². The third kappa shape index (κ3) is 2.74. The summed E-state index contributed by atoms with van der Waals surface area (Å²) in [5, 5.41) is 9.59. The average Bonchev–Trinajstić information content (AvgIpc) is 2.48. The van der Waals surface area contributed by atoms with Crippen LogP contribution in [0.2, 0.25) is 0 Å². The number of benzene rings is 2. The van der Waals surface area contributed by atoms with Gasteiger partial charge in [-0.05, 0) is 30.7 Å². The van der Waals surface area contributed by atoms with Crippen LogP contribution in [-0.4, -0.2) is 23.0 Å². The van der Waals surface area contributed by atoms with E-state index in [0.29, 0.717) is 5.56 Å². The summed E-state index contributed by atoms with van der Waals surface area (Å²) in [5.41, 5.74) is 7.28. The lowest BCUT2D eigenvalue weighted by Gasteiger charge is -2.25. The number of phenols is 1. The van der Waals surface area contributed by atoms with Gasteiger partial charge in [-0.3, -0.25) is 4.79 Å². The van der Waals surface area contributed by atoms with E-state index >= 15 is 0 Å². The fourth-order valence-corrected chi connectivity index (χ4v) is 2.01. The lowest BCUT2D eigenvalue weighted by Crippen LogP contribution is -2.29. The van der Waals surface area contributed by atoms with Crippen LogP contribution in [0.3, 0.4) is 0 Å². The van der Waals surface area contributed by atoms with Crippen LogP contribution in [0.1, 0.15) is 28.9 Å². The molecule has 0 aromatic heterocycles. The van der Waals surface area contributed by atoms with E-state index in [-0.39, 0.29) is 23.4 Å². The molecular formula is C16H18N2O2. The molecule has 4 nitrogen and oxygen atoms in total. The molecule has 20 heavy (non-hydrogen) atoms. The molecule has 1 amide bonds. The van der Waals surface area contributed by atoms with E-state index in [9.17, 15) is 9.90 Å². The van der Waals surface area contributed by atoms with Gasteiger partial charge in [0, 0.05) is 12.6 Å². The molecule has 0 aliphatic rings. The van der Waals surface area contributed by atoms with Crippen LogP contribution in [0.25, 0.3) is 0 Å². The lowest BCUT2D eigenvalue weighted by molar-refractivity contribution is 0.0742. The topological polar surface area (TPSA) is 66.6 Å². The zero-order valence-corrected chi connectivity index (χ0v) is 11.6. The van der Waals surface area contributed by atoms with Crippen molar-refractivity contribution in [1.29, 1.82) is 0 Å². The first-order valence-electron chi connectivity index (χ1n) is 6.41. The minimum atomic E-state index is -0.156. The number of phenolic OH excluding ortho intramolecular Hbond substituents is 1. The molecule has 1 unspecified atom stereocenters. The Kier molecular flexibility index (Phi) is 3.94. The number of nitrogen functional groups attached to an aromatic ring is 1. The van der Waals surface area contributed by atoms with Crippen molar-refractivity contribution in [3.8, 4) is 5.75 Å². The normalized spacial score (nSPS) is 11.9. The summed E-state index contributed by atoms with van der Waals surface area (Å²) in [5.74, 6) is -0.228. The van der Waals surface area contributed by atoms with E-state index in [2.05, 4.69) is 0 Å². The molecule has 1 atom stereocenters. The van der Waals surface area contributed by atoms with Gasteiger partial charge in [-0.15, -0.1) is 0 Å². The molecule has 0 aliphatic carbocycles. The molecule has 0 aliphatic heterocycles. The second-order valence-electron chi connectivity index (χ2n) is 4.78. The Morgan fingerprint density at radius 3 is 2.45 bits per heavy atom. The van der Waals surface area contributed by atoms with Crippen LogP contribution >= 0.6 is 0 Å². The number of anilines is 1. The van der Waals surface area contributed by atoms with Crippen molar-refractivity contribution in [3.05, 3.63) is 59.7 Å². The molecule has 0 saturated heterocycles. The maximum Gasteiger partial charge on any atom is 0.254 e. The molecule has 4 heteroatoms. The SMILES string of the molecule is CC(c1ccccc1)N(C)C(=O)c1ccc(N)c(O)c1. The Labute approximate surface area is 118 Å². The molecule has 0 saturated carbocycles. The quantitative estimate of drug-likeness (QED) is 0.665. The summed E-state index contributed by atoms with van der Waals surface area (Å²) in [7, 11) is 1.74. The molecule has 2 rings (SSSR count). The Balaban J connectivity index is 2.22. The number of carbonyl (C=O) groups is 1. The number of aromatic hydroxyl groups is 1. The fourth-order valence-electron chi connectivity index (χ4n) is 2.01. The molecule has 3 N–H and O–H groups in total. The van der Waals surface area contributed by atoms with Gasteiger partial charge in [0.2, 0.25) is 0 Å². The zero-order valence-electron chi connectivity index (χ0n) is 11.6. The highest BCUT2D eigenvalue weighted by Crippen LogP contribution is 2.24. The number of nitrogens with two attached hydrogens (primary N) is 1. The summed E-state index contributed by atoms with van der Waals surface area (Å²) in [6, 6.07) is 14.3. The fraction of sp³-hybridized carbons (Fsp3) is 0.188. The number of carbonyl (C=O) groups excluding carboxylic acids is 1. The highest BCUT2D eigenvalue weighted by atomic mass is 16.3. The van der Waals surface area contributed by atoms with Crippen molar-refractivity contribution in [1.82, 2.24) is 4.90 Å². The predicted octanol–water partition coefficient (Wildman–Crippen LogP) is 2.81. The summed E-state index contributed by atoms with van der Waals surface area (Å²) in [6.07, 6.45) is 0. The maximum atomic E-state index is 12.4. The summed E-state index contributed by atoms with van der Waals surface area (Å²) < 4.78 is 0. The van der Waals surface area contributed by atoms with Crippen LogP contribution in [0.5, 0.6) is 5.75 Å². The molecule has 2 aromatic carbocycles. The van der Waals surface area contributed by atoms with E-state index in [4.69, 9.17) is 5.73 Å². The molecule has 0 fully saturated rings. The van der Waals surface area contributed by atoms with Crippen LogP contribution in [0.4, 0.5) is 5.69 Å². The molecule has 0 bridgehead atoms. The highest BCUT2D eigenvalue weighted by Gasteiger charge is 2.19. The third-order valence-corrected chi connectivity index (χ3v) is 3.46. The van der Waals surface area contributed by atoms with Gasteiger partial charge in [0.15, 0.2) is 0 Å². The van der Waals surface area contributed by atoms with E-state index in [1.54, 1.807) is 18.0 Å². The van der Waals surface area contributed by atoms with Crippen molar-refractivity contribution >= 4 is 11.6 Å². The largest absolute Gasteiger partial charge is 0.506 e. The molecule has 0 radical (unpaired) electrons. The Morgan fingerprint density at radius 1 is 1.20 bits per heavy atom. The molecule has 2 aromatic rings. The van der Waals surface area contributed by atoms with Gasteiger partial charge < -0.3 is 15.7 Å². The Hall–Kier alpha value is -2.49. The van der Waals surface area contributed by atoms with Crippen molar-refractivity contribution < 1.29 is 9.90 Å². The van der Waals surface area contributed by atoms with E-state index in [1.165, 1.54) is 12.1 Å². The van der Waals surface area contributed by atoms with Gasteiger partial charge >= 0.3 is 0 Å². The standard InChI is InChI=1S/C16H18N2O2/c1-11(12-6-4-3-5-7-12)18(2)16(20)13-8-9-14(17)15(19)10-13/h3-11,19H,17H2,1-2H3. The van der Waals surface area contributed by atoms with E-state index < -0.39 is 0 Å². The summed E-state index contributed by atoms with van der Waals surface area (Å²) in [4.78, 5) is 14.0. The van der Waals surface area contributed by atoms with Crippen molar-refractivity contribution in [2.75, 3.05) is 12.8 Å². The average molecular weight is 270 g/mol. The number of hydrogen-bond acceptors (Lipinski definition) is 3. The minimum absolute atomic E-state index is 0.0524. The summed E-state index contributed by atoms with van der Waals surface area (Å²) in [6.45, 7) is 1.96. The number of amides is 1. The van der Waals surface area contributed by atoms with Gasteiger partial charge in [-0.1, -0.05) is 30.3 Å². The van der Waals surface area contributed by atoms with Crippen LogP contribution in [-0.2, 0) is 0 Å². The predicted molar refractivity (Wildman–Crippen MR) is 79.5 cm³/mol. The van der Waals surface area contributed by atoms with Crippen LogP contribution in [0, 0.1) is 0 Å². The van der Waals surface area contributed by atoms with E-state index in [0.717, 1.165) is 5.56 Å². The molecule has 0 heterocycles. The monoisotopic (exact) mass is 270 g/mol. The van der Waals surface area contributed by atoms with Gasteiger partial charge in [0.25, 0.3) is 5.91 Å². The first-order chi connectivity index (χ1) is 9.50. The van der Waals surface area contributed by atoms with Gasteiger partial charge in [0.1, 0.15) is 5.75 Å². The molecule has 104 valence electrons. The first-order valence-corrected chi connectivity index (χ1v) is 6.41. The third-order valence-electron chi connectivity index (χ3n) is 3.46. The van der Waals surface area contributed by atoms with Crippen molar-refractivity contribution in [2.45, 2.75) is 13.0 Å². The van der Waals surface area contributed by atoms with E-state index in [1.807, 2.05) is 37.3 Å². The minimum Gasteiger partial charge on any atom is -0.506 e. The van der Waals surface area contributed by atoms with Crippen LogP contribution in [0.15, 0.2) is 48.5 Å². The smallest absolute Gasteiger partial charge is 0.254 e. The molecular weight excluding hydrogens is 252 g/mol. The number of rotatable bonds is 3. The van der Waals surface area contributed by atoms with Crippen molar-refractivity contribution in [2.24, 2.45) is 0 Å².